The van der Waals surface area contributed by atoms with E-state index >= 15 is 0 Å². The van der Waals surface area contributed by atoms with Crippen molar-refractivity contribution in [1.82, 2.24) is 0 Å². The van der Waals surface area contributed by atoms with Crippen LogP contribution in [-0.4, -0.2) is 20.1 Å². The molecular formula is C10H9F2NO2. The lowest BCUT2D eigenvalue weighted by atomic mass is 10.2. The summed E-state index contributed by atoms with van der Waals surface area (Å²) in [6, 6.07) is 6.20. The third-order valence-corrected chi connectivity index (χ3v) is 1.62. The van der Waals surface area contributed by atoms with E-state index in [0.29, 0.717) is 11.3 Å². The standard InChI is InChI=1S/C10H9F2NO2/c1-14-8-2-7(5-13)3-9(4-8)15-6-10(11)12/h2-4,10H,6H2,1H3. The van der Waals surface area contributed by atoms with E-state index in [1.807, 2.05) is 6.07 Å². The molecule has 1 aromatic carbocycles. The molecule has 0 fully saturated rings. The fraction of sp³-hybridized carbons (Fsp3) is 0.300. The second-order valence-corrected chi connectivity index (χ2v) is 2.71. The number of nitrogens with zero attached hydrogens (tertiary/aromatic N) is 1. The average molecular weight is 213 g/mol. The molecule has 0 spiro atoms. The van der Waals surface area contributed by atoms with Crippen LogP contribution >= 0.6 is 0 Å². The molecule has 0 aliphatic heterocycles. The van der Waals surface area contributed by atoms with Crippen LogP contribution in [0, 0.1) is 11.3 Å². The van der Waals surface area contributed by atoms with Crippen LogP contribution in [0.2, 0.25) is 0 Å². The number of alkyl halides is 2. The van der Waals surface area contributed by atoms with Gasteiger partial charge in [-0.05, 0) is 12.1 Å². The van der Waals surface area contributed by atoms with Gasteiger partial charge in [-0.2, -0.15) is 5.26 Å². The minimum atomic E-state index is -2.54. The molecule has 0 unspecified atom stereocenters. The maximum Gasteiger partial charge on any atom is 0.272 e. The first-order valence-electron chi connectivity index (χ1n) is 4.16. The summed E-state index contributed by atoms with van der Waals surface area (Å²) in [4.78, 5) is 0. The predicted molar refractivity (Wildman–Crippen MR) is 49.2 cm³/mol. The van der Waals surface area contributed by atoms with Gasteiger partial charge in [-0.3, -0.25) is 0 Å². The van der Waals surface area contributed by atoms with Crippen LogP contribution in [0.15, 0.2) is 18.2 Å². The Kier molecular flexibility index (Phi) is 3.86. The van der Waals surface area contributed by atoms with Crippen molar-refractivity contribution in [3.05, 3.63) is 23.8 Å². The number of rotatable bonds is 4. The van der Waals surface area contributed by atoms with E-state index in [-0.39, 0.29) is 5.75 Å². The first-order chi connectivity index (χ1) is 7.15. The van der Waals surface area contributed by atoms with Gasteiger partial charge in [0.05, 0.1) is 18.7 Å². The van der Waals surface area contributed by atoms with Crippen molar-refractivity contribution in [3.63, 3.8) is 0 Å². The van der Waals surface area contributed by atoms with Gasteiger partial charge in [0.1, 0.15) is 18.1 Å². The number of halogens is 2. The first kappa shape index (κ1) is 11.2. The van der Waals surface area contributed by atoms with Crippen LogP contribution in [0.4, 0.5) is 8.78 Å². The third-order valence-electron chi connectivity index (χ3n) is 1.62. The smallest absolute Gasteiger partial charge is 0.272 e. The van der Waals surface area contributed by atoms with E-state index in [1.165, 1.54) is 25.3 Å². The van der Waals surface area contributed by atoms with Crippen LogP contribution in [-0.2, 0) is 0 Å². The lowest BCUT2D eigenvalue weighted by Gasteiger charge is -2.07. The van der Waals surface area contributed by atoms with E-state index in [9.17, 15) is 8.78 Å². The SMILES string of the molecule is COc1cc(C#N)cc(OCC(F)F)c1. The molecular weight excluding hydrogens is 204 g/mol. The van der Waals surface area contributed by atoms with E-state index in [1.54, 1.807) is 0 Å². The van der Waals surface area contributed by atoms with E-state index in [2.05, 4.69) is 0 Å². The molecule has 3 nitrogen and oxygen atoms in total. The Labute approximate surface area is 85.8 Å². The van der Waals surface area contributed by atoms with Gasteiger partial charge in [-0.15, -0.1) is 0 Å². The molecule has 0 heterocycles. The zero-order valence-electron chi connectivity index (χ0n) is 8.04. The molecule has 0 aliphatic carbocycles. The molecule has 0 amide bonds. The molecule has 0 bridgehead atoms. The van der Waals surface area contributed by atoms with Gasteiger partial charge in [0, 0.05) is 6.07 Å². The largest absolute Gasteiger partial charge is 0.497 e. The van der Waals surface area contributed by atoms with Crippen LogP contribution in [0.3, 0.4) is 0 Å². The molecule has 0 radical (unpaired) electrons. The Hall–Kier alpha value is -1.83. The molecule has 0 N–H and O–H groups in total. The Balaban J connectivity index is 2.83. The molecule has 1 rings (SSSR count). The second kappa shape index (κ2) is 5.15. The number of benzene rings is 1. The Morgan fingerprint density at radius 1 is 1.33 bits per heavy atom. The number of hydrogen-bond donors (Lipinski definition) is 0. The van der Waals surface area contributed by atoms with Gasteiger partial charge >= 0.3 is 0 Å². The summed E-state index contributed by atoms with van der Waals surface area (Å²) >= 11 is 0. The summed E-state index contributed by atoms with van der Waals surface area (Å²) in [5.41, 5.74) is 0.304. The van der Waals surface area contributed by atoms with E-state index < -0.39 is 13.0 Å². The maximum absolute atomic E-state index is 11.9. The van der Waals surface area contributed by atoms with Crippen molar-refractivity contribution in [2.45, 2.75) is 6.43 Å². The van der Waals surface area contributed by atoms with Gasteiger partial charge in [0.15, 0.2) is 0 Å². The molecule has 0 saturated carbocycles. The predicted octanol–water partition coefficient (Wildman–Crippen LogP) is 2.21. The summed E-state index contributed by atoms with van der Waals surface area (Å²) in [6.45, 7) is -0.696. The zero-order chi connectivity index (χ0) is 11.3. The number of methoxy groups -OCH3 is 1. The van der Waals surface area contributed by atoms with Gasteiger partial charge in [0.25, 0.3) is 6.43 Å². The summed E-state index contributed by atoms with van der Waals surface area (Å²) in [7, 11) is 1.42. The highest BCUT2D eigenvalue weighted by atomic mass is 19.3. The number of nitriles is 1. The summed E-state index contributed by atoms with van der Waals surface area (Å²) in [6.07, 6.45) is -2.54. The Morgan fingerprint density at radius 3 is 2.53 bits per heavy atom. The van der Waals surface area contributed by atoms with Crippen LogP contribution in [0.1, 0.15) is 5.56 Å². The summed E-state index contributed by atoms with van der Waals surface area (Å²) in [5, 5.41) is 8.65. The van der Waals surface area contributed by atoms with Crippen molar-refractivity contribution in [2.75, 3.05) is 13.7 Å². The molecule has 5 heteroatoms. The van der Waals surface area contributed by atoms with Crippen LogP contribution in [0.25, 0.3) is 0 Å². The highest BCUT2D eigenvalue weighted by molar-refractivity contribution is 5.43. The zero-order valence-corrected chi connectivity index (χ0v) is 8.04. The van der Waals surface area contributed by atoms with Gasteiger partial charge in [-0.1, -0.05) is 0 Å². The van der Waals surface area contributed by atoms with Crippen molar-refractivity contribution in [3.8, 4) is 17.6 Å². The normalized spacial score (nSPS) is 9.80. The summed E-state index contributed by atoms with van der Waals surface area (Å²) < 4.78 is 33.4. The minimum Gasteiger partial charge on any atom is -0.497 e. The van der Waals surface area contributed by atoms with Crippen molar-refractivity contribution in [1.29, 1.82) is 5.26 Å². The van der Waals surface area contributed by atoms with Crippen molar-refractivity contribution < 1.29 is 18.3 Å². The highest BCUT2D eigenvalue weighted by Gasteiger charge is 2.06. The molecule has 15 heavy (non-hydrogen) atoms. The van der Waals surface area contributed by atoms with Gasteiger partial charge in [0.2, 0.25) is 0 Å². The third kappa shape index (κ3) is 3.43. The fourth-order valence-electron chi connectivity index (χ4n) is 0.997. The topological polar surface area (TPSA) is 42.2 Å². The minimum absolute atomic E-state index is 0.200. The lowest BCUT2D eigenvalue weighted by molar-refractivity contribution is 0.0817. The second-order valence-electron chi connectivity index (χ2n) is 2.71. The monoisotopic (exact) mass is 213 g/mol. The quantitative estimate of drug-likeness (QED) is 0.770. The van der Waals surface area contributed by atoms with Crippen LogP contribution < -0.4 is 9.47 Å². The molecule has 0 atom stereocenters. The molecule has 1 aromatic rings. The number of ether oxygens (including phenoxy) is 2. The molecule has 0 aliphatic rings. The Bertz CT molecular complexity index is 374. The summed E-state index contributed by atoms with van der Waals surface area (Å²) in [5.74, 6) is 0.601. The Morgan fingerprint density at radius 2 is 2.00 bits per heavy atom. The molecule has 0 aromatic heterocycles. The van der Waals surface area contributed by atoms with Gasteiger partial charge in [-0.25, -0.2) is 8.78 Å². The maximum atomic E-state index is 11.9. The fourth-order valence-corrected chi connectivity index (χ4v) is 0.997. The number of hydrogen-bond acceptors (Lipinski definition) is 3. The molecule has 0 saturated heterocycles. The van der Waals surface area contributed by atoms with Gasteiger partial charge < -0.3 is 9.47 Å². The molecule has 80 valence electrons. The van der Waals surface area contributed by atoms with Crippen molar-refractivity contribution >= 4 is 0 Å². The van der Waals surface area contributed by atoms with E-state index in [0.717, 1.165) is 0 Å². The lowest BCUT2D eigenvalue weighted by Crippen LogP contribution is -2.07. The van der Waals surface area contributed by atoms with Crippen molar-refractivity contribution in [2.24, 2.45) is 0 Å². The van der Waals surface area contributed by atoms with Crippen LogP contribution in [0.5, 0.6) is 11.5 Å². The van der Waals surface area contributed by atoms with E-state index in [4.69, 9.17) is 14.7 Å². The average Bonchev–Trinajstić information content (AvgIpc) is 2.25. The highest BCUT2D eigenvalue weighted by Crippen LogP contribution is 2.22. The first-order valence-corrected chi connectivity index (χ1v) is 4.16.